The monoisotopic (exact) mass is 450 g/mol. The van der Waals surface area contributed by atoms with Crippen LogP contribution in [0.25, 0.3) is 0 Å². The number of nitrogens with two attached hydrogens (primary N) is 1. The molecule has 3 nitrogen and oxygen atoms in total. The van der Waals surface area contributed by atoms with Gasteiger partial charge in [0, 0.05) is 12.2 Å². The van der Waals surface area contributed by atoms with Crippen LogP contribution in [-0.2, 0) is 17.8 Å². The number of allylic oxidation sites excluding steroid dienone is 4. The zero-order valence-corrected chi connectivity index (χ0v) is 21.7. The van der Waals surface area contributed by atoms with E-state index in [0.29, 0.717) is 11.3 Å². The highest BCUT2D eigenvalue weighted by Gasteiger charge is 2.06. The van der Waals surface area contributed by atoms with Gasteiger partial charge in [-0.1, -0.05) is 106 Å². The molecule has 0 spiro atoms. The Balaban J connectivity index is 0.000000482. The molecule has 3 heteroatoms. The average molecular weight is 451 g/mol. The van der Waals surface area contributed by atoms with Crippen molar-refractivity contribution in [2.24, 2.45) is 11.7 Å². The Bertz CT molecular complexity index is 782. The van der Waals surface area contributed by atoms with E-state index in [2.05, 4.69) is 80.7 Å². The first-order valence-corrected chi connectivity index (χ1v) is 12.2. The summed E-state index contributed by atoms with van der Waals surface area (Å²) in [6.45, 7) is 11.1. The summed E-state index contributed by atoms with van der Waals surface area (Å²) in [6.07, 6.45) is 10.8. The Kier molecular flexibility index (Phi) is 18.4. The summed E-state index contributed by atoms with van der Waals surface area (Å²) in [4.78, 5) is 9.98. The number of aldehydes is 1. The summed E-state index contributed by atoms with van der Waals surface area (Å²) in [6, 6.07) is 19.4. The van der Waals surface area contributed by atoms with Crippen LogP contribution in [0.3, 0.4) is 0 Å². The summed E-state index contributed by atoms with van der Waals surface area (Å²) in [5, 5.41) is 3.10. The number of hydrogen-bond donors (Lipinski definition) is 2. The molecule has 0 saturated heterocycles. The number of carbonyl (C=O) groups is 1. The second-order valence-electron chi connectivity index (χ2n) is 8.59. The molecule has 3 N–H and O–H groups in total. The van der Waals surface area contributed by atoms with Crippen LogP contribution in [0.4, 0.5) is 0 Å². The van der Waals surface area contributed by atoms with Crippen LogP contribution in [0.5, 0.6) is 0 Å². The van der Waals surface area contributed by atoms with Gasteiger partial charge in [0.05, 0.1) is 0 Å². The zero-order valence-electron chi connectivity index (χ0n) is 21.7. The standard InChI is InChI=1S/C14H22.C9H13N.C7H11NO/c1-3-8-13(9-4-2)12-14-10-6-5-7-11-14;1-8-3-5-9(6-4-8)7-10-2;1-6(5-9)3-4-7(2)8/h5-7,10-11,13H,3-4,8-9,12H2,1-2H3;3-6,10H,7H2,1-2H3;3-5H,8H2,1-2H3/b;;6-3+,7-4+. The minimum Gasteiger partial charge on any atom is -0.402 e. The van der Waals surface area contributed by atoms with Gasteiger partial charge in [-0.15, -0.1) is 0 Å². The van der Waals surface area contributed by atoms with Gasteiger partial charge in [-0.2, -0.15) is 0 Å². The van der Waals surface area contributed by atoms with E-state index in [-0.39, 0.29) is 0 Å². The van der Waals surface area contributed by atoms with Crippen molar-refractivity contribution in [1.29, 1.82) is 0 Å². The molecule has 182 valence electrons. The molecular formula is C30H46N2O. The fourth-order valence-electron chi connectivity index (χ4n) is 3.32. The quantitative estimate of drug-likeness (QED) is 0.229. The van der Waals surface area contributed by atoms with Crippen molar-refractivity contribution >= 4 is 6.29 Å². The van der Waals surface area contributed by atoms with Crippen molar-refractivity contribution in [3.05, 3.63) is 94.7 Å². The fourth-order valence-corrected chi connectivity index (χ4v) is 3.32. The largest absolute Gasteiger partial charge is 0.402 e. The van der Waals surface area contributed by atoms with Gasteiger partial charge in [0.2, 0.25) is 0 Å². The second kappa shape index (κ2) is 20.0. The normalized spacial score (nSPS) is 11.2. The van der Waals surface area contributed by atoms with Gasteiger partial charge in [0.1, 0.15) is 6.29 Å². The molecule has 0 unspecified atom stereocenters. The van der Waals surface area contributed by atoms with E-state index in [4.69, 9.17) is 5.73 Å². The molecule has 0 heterocycles. The van der Waals surface area contributed by atoms with E-state index < -0.39 is 0 Å². The van der Waals surface area contributed by atoms with Crippen LogP contribution in [-0.4, -0.2) is 13.3 Å². The molecule has 0 saturated carbocycles. The van der Waals surface area contributed by atoms with Crippen LogP contribution in [0.2, 0.25) is 0 Å². The minimum atomic E-state index is 0.680. The molecule has 0 fully saturated rings. The zero-order chi connectivity index (χ0) is 24.9. The van der Waals surface area contributed by atoms with E-state index in [1.54, 1.807) is 26.0 Å². The summed E-state index contributed by atoms with van der Waals surface area (Å²) in [5.74, 6) is 0.896. The van der Waals surface area contributed by atoms with E-state index in [9.17, 15) is 4.79 Å². The molecule has 2 rings (SSSR count). The molecule has 0 aliphatic heterocycles. The Morgan fingerprint density at radius 1 is 0.909 bits per heavy atom. The lowest BCUT2D eigenvalue weighted by Gasteiger charge is -2.14. The highest BCUT2D eigenvalue weighted by Crippen LogP contribution is 2.18. The van der Waals surface area contributed by atoms with Crippen molar-refractivity contribution in [1.82, 2.24) is 5.32 Å². The maximum absolute atomic E-state index is 9.98. The fraction of sp³-hybridized carbons (Fsp3) is 0.433. The summed E-state index contributed by atoms with van der Waals surface area (Å²) < 4.78 is 0. The van der Waals surface area contributed by atoms with Crippen LogP contribution in [0, 0.1) is 12.8 Å². The molecule has 0 radical (unpaired) electrons. The predicted molar refractivity (Wildman–Crippen MR) is 145 cm³/mol. The highest BCUT2D eigenvalue weighted by molar-refractivity contribution is 5.72. The van der Waals surface area contributed by atoms with Crippen molar-refractivity contribution in [3.63, 3.8) is 0 Å². The maximum Gasteiger partial charge on any atom is 0.145 e. The lowest BCUT2D eigenvalue weighted by atomic mass is 9.91. The molecule has 0 aromatic heterocycles. The van der Waals surface area contributed by atoms with E-state index in [0.717, 1.165) is 18.7 Å². The first kappa shape index (κ1) is 30.4. The average Bonchev–Trinajstić information content (AvgIpc) is 2.81. The predicted octanol–water partition coefficient (Wildman–Crippen LogP) is 7.15. The first-order chi connectivity index (χ1) is 15.9. The third kappa shape index (κ3) is 17.6. The molecule has 0 amide bonds. The number of nitrogens with one attached hydrogen (secondary N) is 1. The number of rotatable bonds is 10. The summed E-state index contributed by atoms with van der Waals surface area (Å²) in [7, 11) is 1.96. The molecular weight excluding hydrogens is 404 g/mol. The Morgan fingerprint density at radius 2 is 1.48 bits per heavy atom. The molecule has 0 bridgehead atoms. The Labute approximate surface area is 203 Å². The van der Waals surface area contributed by atoms with Crippen LogP contribution < -0.4 is 11.1 Å². The van der Waals surface area contributed by atoms with Gasteiger partial charge in [-0.3, -0.25) is 4.79 Å². The van der Waals surface area contributed by atoms with Crippen LogP contribution in [0.1, 0.15) is 70.1 Å². The molecule has 0 atom stereocenters. The van der Waals surface area contributed by atoms with E-state index in [1.807, 2.05) is 7.05 Å². The number of carbonyl (C=O) groups excluding carboxylic acids is 1. The number of hydrogen-bond acceptors (Lipinski definition) is 3. The number of benzene rings is 2. The van der Waals surface area contributed by atoms with Crippen molar-refractivity contribution in [3.8, 4) is 0 Å². The van der Waals surface area contributed by atoms with Gasteiger partial charge in [-0.05, 0) is 62.9 Å². The number of aryl methyl sites for hydroxylation is 1. The lowest BCUT2D eigenvalue weighted by Crippen LogP contribution is -2.04. The molecule has 0 aliphatic carbocycles. The molecule has 33 heavy (non-hydrogen) atoms. The molecule has 2 aromatic rings. The van der Waals surface area contributed by atoms with Crippen molar-refractivity contribution in [2.45, 2.75) is 73.3 Å². The second-order valence-corrected chi connectivity index (χ2v) is 8.59. The van der Waals surface area contributed by atoms with Crippen LogP contribution in [0.15, 0.2) is 78.0 Å². The third-order valence-electron chi connectivity index (χ3n) is 5.06. The third-order valence-corrected chi connectivity index (χ3v) is 5.06. The van der Waals surface area contributed by atoms with Gasteiger partial charge < -0.3 is 11.1 Å². The van der Waals surface area contributed by atoms with E-state index in [1.165, 1.54) is 48.8 Å². The molecule has 2 aromatic carbocycles. The lowest BCUT2D eigenvalue weighted by molar-refractivity contribution is -0.104. The smallest absolute Gasteiger partial charge is 0.145 e. The highest BCUT2D eigenvalue weighted by atomic mass is 16.1. The Morgan fingerprint density at radius 3 is 1.94 bits per heavy atom. The van der Waals surface area contributed by atoms with E-state index >= 15 is 0 Å². The maximum atomic E-state index is 9.98. The van der Waals surface area contributed by atoms with Gasteiger partial charge in [0.25, 0.3) is 0 Å². The first-order valence-electron chi connectivity index (χ1n) is 12.2. The summed E-state index contributed by atoms with van der Waals surface area (Å²) in [5.41, 5.74) is 10.8. The van der Waals surface area contributed by atoms with Crippen molar-refractivity contribution < 1.29 is 4.79 Å². The van der Waals surface area contributed by atoms with Gasteiger partial charge in [-0.25, -0.2) is 0 Å². The van der Waals surface area contributed by atoms with Crippen molar-refractivity contribution in [2.75, 3.05) is 7.05 Å². The minimum absolute atomic E-state index is 0.680. The topological polar surface area (TPSA) is 55.1 Å². The summed E-state index contributed by atoms with van der Waals surface area (Å²) >= 11 is 0. The van der Waals surface area contributed by atoms with Gasteiger partial charge in [0.15, 0.2) is 0 Å². The molecule has 0 aliphatic rings. The van der Waals surface area contributed by atoms with Crippen LogP contribution >= 0.6 is 0 Å². The Hall–Kier alpha value is -2.65. The van der Waals surface area contributed by atoms with Gasteiger partial charge >= 0.3 is 0 Å². The SMILES string of the molecule is C/C(N)=C\C=C(/C)C=O.CCCC(CCC)Cc1ccccc1.CNCc1ccc(C)cc1.